The zero-order valence-electron chi connectivity index (χ0n) is 11.5. The molecule has 1 saturated carbocycles. The smallest absolute Gasteiger partial charge is 0.247 e. The van der Waals surface area contributed by atoms with Gasteiger partial charge in [0.05, 0.1) is 5.92 Å². The van der Waals surface area contributed by atoms with E-state index < -0.39 is 0 Å². The Morgan fingerprint density at radius 3 is 2.65 bits per heavy atom. The fourth-order valence-corrected chi connectivity index (χ4v) is 3.17. The van der Waals surface area contributed by atoms with Crippen molar-refractivity contribution in [2.75, 3.05) is 13.1 Å². The lowest BCUT2D eigenvalue weighted by Crippen LogP contribution is -2.38. The van der Waals surface area contributed by atoms with Crippen LogP contribution in [0.1, 0.15) is 37.5 Å². The predicted octanol–water partition coefficient (Wildman–Crippen LogP) is 3.08. The van der Waals surface area contributed by atoms with Crippen LogP contribution in [-0.2, 0) is 0 Å². The lowest BCUT2D eigenvalue weighted by molar-refractivity contribution is 0.156. The van der Waals surface area contributed by atoms with Crippen molar-refractivity contribution in [3.8, 4) is 11.5 Å². The third-order valence-electron chi connectivity index (χ3n) is 4.62. The summed E-state index contributed by atoms with van der Waals surface area (Å²) in [5.41, 5.74) is 1.00. The van der Waals surface area contributed by atoms with Crippen molar-refractivity contribution in [1.82, 2.24) is 15.1 Å². The first-order chi connectivity index (χ1) is 9.90. The Kier molecular flexibility index (Phi) is 3.03. The van der Waals surface area contributed by atoms with E-state index in [1.54, 1.807) is 0 Å². The largest absolute Gasteiger partial charge is 0.420 e. The number of hydrogen-bond donors (Lipinski definition) is 0. The Labute approximate surface area is 118 Å². The normalized spacial score (nSPS) is 23.9. The average molecular weight is 269 g/mol. The van der Waals surface area contributed by atoms with E-state index in [0.29, 0.717) is 11.8 Å². The van der Waals surface area contributed by atoms with E-state index in [1.807, 2.05) is 30.3 Å². The second-order valence-electron chi connectivity index (χ2n) is 5.88. The third-order valence-corrected chi connectivity index (χ3v) is 4.62. The van der Waals surface area contributed by atoms with E-state index in [4.69, 9.17) is 4.42 Å². The van der Waals surface area contributed by atoms with Gasteiger partial charge in [0.1, 0.15) is 0 Å². The second-order valence-corrected chi connectivity index (χ2v) is 5.88. The fraction of sp³-hybridized carbons (Fsp3) is 0.500. The molecule has 0 radical (unpaired) electrons. The van der Waals surface area contributed by atoms with Crippen molar-refractivity contribution in [2.45, 2.75) is 37.6 Å². The van der Waals surface area contributed by atoms with Crippen LogP contribution < -0.4 is 0 Å². The lowest BCUT2D eigenvalue weighted by Gasteiger charge is -2.34. The van der Waals surface area contributed by atoms with Gasteiger partial charge in [-0.1, -0.05) is 24.6 Å². The van der Waals surface area contributed by atoms with Gasteiger partial charge in [-0.05, 0) is 37.9 Å². The monoisotopic (exact) mass is 269 g/mol. The summed E-state index contributed by atoms with van der Waals surface area (Å²) < 4.78 is 5.88. The lowest BCUT2D eigenvalue weighted by atomic mass is 9.92. The molecule has 0 N–H and O–H groups in total. The number of hydrogen-bond acceptors (Lipinski definition) is 4. The van der Waals surface area contributed by atoms with Crippen LogP contribution in [0.5, 0.6) is 0 Å². The van der Waals surface area contributed by atoms with Gasteiger partial charge in [0.25, 0.3) is 0 Å². The van der Waals surface area contributed by atoms with Crippen LogP contribution in [-0.4, -0.2) is 34.2 Å². The summed E-state index contributed by atoms with van der Waals surface area (Å²) >= 11 is 0. The van der Waals surface area contributed by atoms with Gasteiger partial charge < -0.3 is 4.42 Å². The van der Waals surface area contributed by atoms with Gasteiger partial charge in [0.2, 0.25) is 11.8 Å². The van der Waals surface area contributed by atoms with E-state index in [0.717, 1.165) is 30.5 Å². The van der Waals surface area contributed by atoms with Crippen LogP contribution in [0.25, 0.3) is 11.5 Å². The predicted molar refractivity (Wildman–Crippen MR) is 76.3 cm³/mol. The van der Waals surface area contributed by atoms with Crippen molar-refractivity contribution >= 4 is 0 Å². The molecule has 2 aliphatic rings. The number of nitrogens with zero attached hydrogens (tertiary/aromatic N) is 3. The Bertz CT molecular complexity index is 576. The molecule has 1 saturated heterocycles. The van der Waals surface area contributed by atoms with Crippen molar-refractivity contribution < 1.29 is 4.42 Å². The number of aromatic nitrogens is 2. The molecule has 0 unspecified atom stereocenters. The zero-order valence-corrected chi connectivity index (χ0v) is 11.5. The Morgan fingerprint density at radius 2 is 1.90 bits per heavy atom. The summed E-state index contributed by atoms with van der Waals surface area (Å²) in [6.45, 7) is 2.26. The molecule has 0 amide bonds. The van der Waals surface area contributed by atoms with Crippen molar-refractivity contribution in [3.63, 3.8) is 0 Å². The maximum absolute atomic E-state index is 5.88. The standard InChI is InChI=1S/C16H19N3O/c1-2-5-12(6-3-1)15-17-18-16(20-15)13-9-10-19(11-13)14-7-4-8-14/h1-3,5-6,13-14H,4,7-11H2/t13-/m0/s1. The maximum atomic E-state index is 5.88. The van der Waals surface area contributed by atoms with Crippen LogP contribution in [0.3, 0.4) is 0 Å². The number of likely N-dealkylation sites (tertiary alicyclic amines) is 1. The highest BCUT2D eigenvalue weighted by molar-refractivity contribution is 5.51. The zero-order chi connectivity index (χ0) is 13.4. The molecule has 4 nitrogen and oxygen atoms in total. The minimum Gasteiger partial charge on any atom is -0.420 e. The first-order valence-corrected chi connectivity index (χ1v) is 7.53. The van der Waals surface area contributed by atoms with Gasteiger partial charge in [-0.25, -0.2) is 0 Å². The van der Waals surface area contributed by atoms with Crippen LogP contribution in [0.15, 0.2) is 34.7 Å². The van der Waals surface area contributed by atoms with Gasteiger partial charge in [0, 0.05) is 18.2 Å². The van der Waals surface area contributed by atoms with Gasteiger partial charge in [0.15, 0.2) is 0 Å². The Balaban J connectivity index is 1.48. The molecule has 4 rings (SSSR count). The highest BCUT2D eigenvalue weighted by Gasteiger charge is 2.34. The molecule has 2 fully saturated rings. The molecule has 1 aliphatic heterocycles. The molecular weight excluding hydrogens is 250 g/mol. The van der Waals surface area contributed by atoms with Crippen molar-refractivity contribution in [3.05, 3.63) is 36.2 Å². The molecule has 104 valence electrons. The summed E-state index contributed by atoms with van der Waals surface area (Å²) in [5.74, 6) is 1.87. The Morgan fingerprint density at radius 1 is 1.05 bits per heavy atom. The molecule has 2 aromatic rings. The first-order valence-electron chi connectivity index (χ1n) is 7.53. The van der Waals surface area contributed by atoms with Crippen LogP contribution >= 0.6 is 0 Å². The summed E-state index contributed by atoms with van der Waals surface area (Å²) in [4.78, 5) is 2.60. The molecule has 0 spiro atoms. The quantitative estimate of drug-likeness (QED) is 0.858. The number of rotatable bonds is 3. The summed E-state index contributed by atoms with van der Waals surface area (Å²) in [7, 11) is 0. The molecular formula is C16H19N3O. The van der Waals surface area contributed by atoms with Gasteiger partial charge in [-0.15, -0.1) is 10.2 Å². The molecule has 4 heteroatoms. The molecule has 1 aromatic heterocycles. The summed E-state index contributed by atoms with van der Waals surface area (Å²) in [5, 5.41) is 8.47. The molecule has 1 atom stereocenters. The van der Waals surface area contributed by atoms with Crippen LogP contribution in [0.4, 0.5) is 0 Å². The fourth-order valence-electron chi connectivity index (χ4n) is 3.17. The molecule has 1 aromatic carbocycles. The molecule has 20 heavy (non-hydrogen) atoms. The maximum Gasteiger partial charge on any atom is 0.247 e. The SMILES string of the molecule is c1ccc(-c2nnc([C@H]3CCN(C4CCC4)C3)o2)cc1. The van der Waals surface area contributed by atoms with Gasteiger partial charge >= 0.3 is 0 Å². The third kappa shape index (κ3) is 2.14. The minimum atomic E-state index is 0.417. The van der Waals surface area contributed by atoms with Crippen LogP contribution in [0.2, 0.25) is 0 Å². The number of benzene rings is 1. The summed E-state index contributed by atoms with van der Waals surface area (Å²) in [6.07, 6.45) is 5.27. The highest BCUT2D eigenvalue weighted by atomic mass is 16.4. The topological polar surface area (TPSA) is 42.2 Å². The van der Waals surface area contributed by atoms with E-state index in [2.05, 4.69) is 15.1 Å². The highest BCUT2D eigenvalue weighted by Crippen LogP contribution is 2.34. The first kappa shape index (κ1) is 12.1. The average Bonchev–Trinajstić information content (AvgIpc) is 3.06. The molecule has 2 heterocycles. The van der Waals surface area contributed by atoms with Crippen LogP contribution in [0, 0.1) is 0 Å². The Hall–Kier alpha value is -1.68. The van der Waals surface area contributed by atoms with E-state index in [9.17, 15) is 0 Å². The van der Waals surface area contributed by atoms with Crippen molar-refractivity contribution in [2.24, 2.45) is 0 Å². The minimum absolute atomic E-state index is 0.417. The molecule has 1 aliphatic carbocycles. The molecule has 0 bridgehead atoms. The van der Waals surface area contributed by atoms with E-state index >= 15 is 0 Å². The van der Waals surface area contributed by atoms with E-state index in [1.165, 1.54) is 25.8 Å². The van der Waals surface area contributed by atoms with Crippen molar-refractivity contribution in [1.29, 1.82) is 0 Å². The second kappa shape index (κ2) is 5.02. The van der Waals surface area contributed by atoms with E-state index in [-0.39, 0.29) is 0 Å². The van der Waals surface area contributed by atoms with Gasteiger partial charge in [-0.3, -0.25) is 4.90 Å². The van der Waals surface area contributed by atoms with Gasteiger partial charge in [-0.2, -0.15) is 0 Å². The summed E-state index contributed by atoms with van der Waals surface area (Å²) in [6, 6.07) is 10.8.